The largest absolute Gasteiger partial charge is 0.282 e. The van der Waals surface area contributed by atoms with Crippen LogP contribution < -0.4 is 0 Å². The highest BCUT2D eigenvalue weighted by Crippen LogP contribution is 2.34. The smallest absolute Gasteiger partial charge is 0.219 e. The topological polar surface area (TPSA) is 71.8 Å². The highest BCUT2D eigenvalue weighted by atomic mass is 15.2. The quantitative estimate of drug-likeness (QED) is 0.279. The summed E-state index contributed by atoms with van der Waals surface area (Å²) in [6.45, 7) is 3.87. The lowest BCUT2D eigenvalue weighted by atomic mass is 9.86. The zero-order valence-corrected chi connectivity index (χ0v) is 20.4. The van der Waals surface area contributed by atoms with E-state index in [1.165, 1.54) is 0 Å². The van der Waals surface area contributed by atoms with Crippen molar-refractivity contribution in [1.82, 2.24) is 23.9 Å². The fraction of sp³-hybridized carbons (Fsp3) is 0.0968. The van der Waals surface area contributed by atoms with Crippen molar-refractivity contribution in [1.29, 1.82) is 5.26 Å². The third kappa shape index (κ3) is 3.21. The van der Waals surface area contributed by atoms with Crippen LogP contribution in [0.2, 0.25) is 0 Å². The second-order valence-electron chi connectivity index (χ2n) is 9.86. The first-order valence-corrected chi connectivity index (χ1v) is 12.2. The summed E-state index contributed by atoms with van der Waals surface area (Å²) >= 11 is 0. The fourth-order valence-electron chi connectivity index (χ4n) is 5.07. The highest BCUT2D eigenvalue weighted by Gasteiger charge is 2.21. The summed E-state index contributed by atoms with van der Waals surface area (Å²) in [5.74, 6) is 0.814. The Morgan fingerprint density at radius 3 is 2.46 bits per heavy atom. The van der Waals surface area contributed by atoms with Gasteiger partial charge in [0.25, 0.3) is 0 Å². The first-order chi connectivity index (χ1) is 18.0. The molecule has 0 spiro atoms. The maximum atomic E-state index is 9.57. The Labute approximate surface area is 213 Å². The molecule has 6 heteroatoms. The molecule has 37 heavy (non-hydrogen) atoms. The Hall–Kier alpha value is -5.02. The molecule has 0 atom stereocenters. The highest BCUT2D eigenvalue weighted by molar-refractivity contribution is 6.06. The van der Waals surface area contributed by atoms with Gasteiger partial charge in [0.1, 0.15) is 0 Å². The van der Waals surface area contributed by atoms with E-state index in [0.29, 0.717) is 0 Å². The average molecular weight is 479 g/mol. The van der Waals surface area contributed by atoms with Crippen molar-refractivity contribution in [3.05, 3.63) is 103 Å². The Morgan fingerprint density at radius 2 is 1.62 bits per heavy atom. The van der Waals surface area contributed by atoms with Crippen LogP contribution in [0.15, 0.2) is 97.6 Å². The third-order valence-electron chi connectivity index (χ3n) is 7.18. The van der Waals surface area contributed by atoms with E-state index in [0.717, 1.165) is 61.0 Å². The molecule has 0 radical (unpaired) electrons. The van der Waals surface area contributed by atoms with Crippen LogP contribution in [0.25, 0.3) is 55.4 Å². The summed E-state index contributed by atoms with van der Waals surface area (Å²) in [6, 6.07) is 27.3. The number of nitrogens with zero attached hydrogens (tertiary/aromatic N) is 6. The molecule has 0 aliphatic rings. The van der Waals surface area contributed by atoms with Crippen molar-refractivity contribution in [3.8, 4) is 22.9 Å². The van der Waals surface area contributed by atoms with Crippen LogP contribution in [-0.4, -0.2) is 23.9 Å². The van der Waals surface area contributed by atoms with Gasteiger partial charge in [-0.3, -0.25) is 18.9 Å². The predicted molar refractivity (Wildman–Crippen MR) is 147 cm³/mol. The molecule has 0 saturated heterocycles. The number of pyridine rings is 2. The lowest BCUT2D eigenvalue weighted by Crippen LogP contribution is -2.13. The molecule has 4 heterocycles. The van der Waals surface area contributed by atoms with Crippen LogP contribution in [0.4, 0.5) is 0 Å². The van der Waals surface area contributed by atoms with Crippen LogP contribution in [0.1, 0.15) is 19.4 Å². The number of aromatic nitrogens is 5. The normalized spacial score (nSPS) is 12.0. The lowest BCUT2D eigenvalue weighted by molar-refractivity contribution is 0.687. The zero-order valence-electron chi connectivity index (χ0n) is 20.4. The molecule has 0 fully saturated rings. The second kappa shape index (κ2) is 7.74. The van der Waals surface area contributed by atoms with E-state index < -0.39 is 5.41 Å². The summed E-state index contributed by atoms with van der Waals surface area (Å²) in [5.41, 5.74) is 7.45. The van der Waals surface area contributed by atoms with Crippen molar-refractivity contribution in [3.63, 3.8) is 0 Å². The molecule has 4 aromatic heterocycles. The van der Waals surface area contributed by atoms with Gasteiger partial charge in [-0.2, -0.15) is 5.26 Å². The fourth-order valence-corrected chi connectivity index (χ4v) is 5.07. The van der Waals surface area contributed by atoms with Crippen molar-refractivity contribution in [2.24, 2.45) is 0 Å². The maximum Gasteiger partial charge on any atom is 0.219 e. The molecule has 7 rings (SSSR count). The summed E-state index contributed by atoms with van der Waals surface area (Å²) in [5, 5.41) is 11.7. The van der Waals surface area contributed by atoms with E-state index in [2.05, 4.69) is 67.5 Å². The Balaban J connectivity index is 1.49. The molecule has 6 nitrogen and oxygen atoms in total. The van der Waals surface area contributed by atoms with Crippen molar-refractivity contribution < 1.29 is 0 Å². The molecule has 0 N–H and O–H groups in total. The molecular weight excluding hydrogens is 456 g/mol. The van der Waals surface area contributed by atoms with Gasteiger partial charge in [0.15, 0.2) is 0 Å². The maximum absolute atomic E-state index is 9.57. The summed E-state index contributed by atoms with van der Waals surface area (Å²) < 4.78 is 4.24. The van der Waals surface area contributed by atoms with E-state index in [1.54, 1.807) is 6.20 Å². The minimum atomic E-state index is -0.556. The Bertz CT molecular complexity index is 2020. The molecule has 0 aliphatic heterocycles. The molecule has 0 unspecified atom stereocenters. The predicted octanol–water partition coefficient (Wildman–Crippen LogP) is 6.84. The summed E-state index contributed by atoms with van der Waals surface area (Å²) in [7, 11) is 0. The first-order valence-electron chi connectivity index (χ1n) is 12.2. The van der Waals surface area contributed by atoms with Gasteiger partial charge >= 0.3 is 0 Å². The minimum absolute atomic E-state index is 0.556. The van der Waals surface area contributed by atoms with Crippen molar-refractivity contribution in [2.75, 3.05) is 0 Å². The average Bonchev–Trinajstić information content (AvgIpc) is 3.54. The summed E-state index contributed by atoms with van der Waals surface area (Å²) in [6.07, 6.45) is 7.61. The zero-order chi connectivity index (χ0) is 25.1. The number of hydrogen-bond acceptors (Lipinski definition) is 4. The van der Waals surface area contributed by atoms with E-state index in [-0.39, 0.29) is 0 Å². The monoisotopic (exact) mass is 478 g/mol. The minimum Gasteiger partial charge on any atom is -0.282 e. The van der Waals surface area contributed by atoms with Gasteiger partial charge in [0.2, 0.25) is 5.78 Å². The van der Waals surface area contributed by atoms with Gasteiger partial charge in [-0.15, -0.1) is 0 Å². The van der Waals surface area contributed by atoms with Gasteiger partial charge < -0.3 is 0 Å². The third-order valence-corrected chi connectivity index (χ3v) is 7.18. The van der Waals surface area contributed by atoms with Crippen LogP contribution in [-0.2, 0) is 5.41 Å². The molecule has 0 saturated carbocycles. The number of rotatable bonds is 3. The first kappa shape index (κ1) is 21.3. The number of nitriles is 1. The second-order valence-corrected chi connectivity index (χ2v) is 9.86. The molecule has 0 amide bonds. The van der Waals surface area contributed by atoms with Gasteiger partial charge in [0, 0.05) is 40.6 Å². The van der Waals surface area contributed by atoms with Crippen molar-refractivity contribution >= 4 is 38.6 Å². The van der Waals surface area contributed by atoms with Gasteiger partial charge in [-0.05, 0) is 61.4 Å². The van der Waals surface area contributed by atoms with Crippen LogP contribution in [0.3, 0.4) is 0 Å². The van der Waals surface area contributed by atoms with Crippen LogP contribution >= 0.6 is 0 Å². The molecule has 176 valence electrons. The SMILES string of the molecule is CC(C)(C#N)c1ccc(-n2c3c4cc(-c5cnc6ccccc6c5)ccc4ncc3n3ccnc23)cc1. The molecular formula is C31H22N6. The van der Waals surface area contributed by atoms with Crippen LogP contribution in [0, 0.1) is 11.3 Å². The van der Waals surface area contributed by atoms with Gasteiger partial charge in [-0.25, -0.2) is 4.98 Å². The van der Waals surface area contributed by atoms with E-state index in [9.17, 15) is 5.26 Å². The Kier molecular flexibility index (Phi) is 4.45. The van der Waals surface area contributed by atoms with Crippen molar-refractivity contribution in [2.45, 2.75) is 19.3 Å². The van der Waals surface area contributed by atoms with E-state index >= 15 is 0 Å². The lowest BCUT2D eigenvalue weighted by Gasteiger charge is -2.16. The number of para-hydroxylation sites is 1. The molecule has 0 bridgehead atoms. The van der Waals surface area contributed by atoms with Gasteiger partial charge in [0.05, 0.1) is 39.7 Å². The standard InChI is InChI=1S/C31H22N6/c1-31(2,19-32)23-8-10-24(11-9-23)37-29-25-16-20(22-15-21-5-3-4-6-26(21)34-17-22)7-12-27(25)35-18-28(29)36-14-13-33-30(36)37/h3-18H,1-2H3. The number of hydrogen-bond donors (Lipinski definition) is 0. The molecule has 3 aromatic carbocycles. The summed E-state index contributed by atoms with van der Waals surface area (Å²) in [4.78, 5) is 14.1. The number of fused-ring (bicyclic) bond motifs is 6. The van der Waals surface area contributed by atoms with E-state index in [1.807, 2.05) is 62.8 Å². The number of imidazole rings is 2. The molecule has 7 aromatic rings. The number of benzene rings is 3. The van der Waals surface area contributed by atoms with Gasteiger partial charge in [-0.1, -0.05) is 36.4 Å². The Morgan fingerprint density at radius 1 is 0.811 bits per heavy atom. The van der Waals surface area contributed by atoms with E-state index in [4.69, 9.17) is 4.98 Å². The molecule has 0 aliphatic carbocycles. The van der Waals surface area contributed by atoms with Crippen LogP contribution in [0.5, 0.6) is 0 Å².